The Bertz CT molecular complexity index is 972. The summed E-state index contributed by atoms with van der Waals surface area (Å²) >= 11 is 0. The Balaban J connectivity index is 1.61. The average molecular weight is 480 g/mol. The van der Waals surface area contributed by atoms with Crippen LogP contribution in [-0.4, -0.2) is 54.5 Å². The van der Waals surface area contributed by atoms with E-state index in [4.69, 9.17) is 16.2 Å². The predicted octanol–water partition coefficient (Wildman–Crippen LogP) is 1.69. The molecule has 0 aromatic heterocycles. The minimum atomic E-state index is -0.780. The summed E-state index contributed by atoms with van der Waals surface area (Å²) in [4.78, 5) is 28.2. The van der Waals surface area contributed by atoms with Crippen molar-refractivity contribution < 1.29 is 14.3 Å². The second-order valence-corrected chi connectivity index (χ2v) is 8.90. The molecule has 1 aliphatic rings. The molecule has 8 nitrogen and oxygen atoms in total. The number of hydrogen-bond donors (Lipinski definition) is 4. The second-order valence-electron chi connectivity index (χ2n) is 8.90. The molecule has 1 aliphatic heterocycles. The van der Waals surface area contributed by atoms with Gasteiger partial charge in [-0.3, -0.25) is 9.59 Å². The van der Waals surface area contributed by atoms with Crippen molar-refractivity contribution in [1.29, 1.82) is 0 Å². The number of piperidine rings is 1. The fourth-order valence-corrected chi connectivity index (χ4v) is 4.19. The van der Waals surface area contributed by atoms with Crippen LogP contribution < -0.4 is 26.8 Å². The molecule has 0 spiro atoms. The molecule has 1 saturated heterocycles. The largest absolute Gasteiger partial charge is 0.494 e. The van der Waals surface area contributed by atoms with Crippen LogP contribution in [0.1, 0.15) is 30.9 Å². The Morgan fingerprint density at radius 1 is 1.03 bits per heavy atom. The molecule has 8 heteroatoms. The molecule has 2 aromatic rings. The van der Waals surface area contributed by atoms with Gasteiger partial charge in [0, 0.05) is 25.6 Å². The zero-order chi connectivity index (χ0) is 25.2. The van der Waals surface area contributed by atoms with E-state index in [1.165, 1.54) is 0 Å². The van der Waals surface area contributed by atoms with E-state index < -0.39 is 12.1 Å². The molecule has 35 heavy (non-hydrogen) atoms. The number of hydrogen-bond acceptors (Lipinski definition) is 6. The van der Waals surface area contributed by atoms with Crippen LogP contribution in [0.3, 0.4) is 0 Å². The van der Waals surface area contributed by atoms with Crippen molar-refractivity contribution in [3.63, 3.8) is 0 Å². The lowest BCUT2D eigenvalue weighted by atomic mass is 10.0. The number of carbonyl (C=O) groups is 2. The lowest BCUT2D eigenvalue weighted by molar-refractivity contribution is -0.130. The van der Waals surface area contributed by atoms with Crippen molar-refractivity contribution in [2.24, 2.45) is 11.5 Å². The summed E-state index contributed by atoms with van der Waals surface area (Å²) in [7, 11) is 0. The van der Waals surface area contributed by atoms with Gasteiger partial charge in [-0.1, -0.05) is 49.0 Å². The molecular weight excluding hydrogens is 442 g/mol. The minimum absolute atomic E-state index is 0.0193. The third-order valence-electron chi connectivity index (χ3n) is 6.19. The fraction of sp³-hybridized carbons (Fsp3) is 0.407. The van der Waals surface area contributed by atoms with Gasteiger partial charge >= 0.3 is 0 Å². The number of amides is 2. The van der Waals surface area contributed by atoms with Crippen LogP contribution in [0.25, 0.3) is 0 Å². The molecule has 2 atom stereocenters. The van der Waals surface area contributed by atoms with Crippen LogP contribution in [0.2, 0.25) is 0 Å². The molecule has 1 fully saturated rings. The Morgan fingerprint density at radius 3 is 2.26 bits per heavy atom. The molecule has 0 radical (unpaired) electrons. The van der Waals surface area contributed by atoms with E-state index in [1.807, 2.05) is 66.4 Å². The zero-order valence-electron chi connectivity index (χ0n) is 20.4. The van der Waals surface area contributed by atoms with E-state index >= 15 is 0 Å². The summed E-state index contributed by atoms with van der Waals surface area (Å²) in [6, 6.07) is 15.7. The van der Waals surface area contributed by atoms with Crippen LogP contribution in [0, 0.1) is 0 Å². The molecule has 2 aromatic carbocycles. The molecule has 3 rings (SSSR count). The highest BCUT2D eigenvalue weighted by Crippen LogP contribution is 2.15. The van der Waals surface area contributed by atoms with Crippen molar-refractivity contribution in [3.8, 4) is 5.75 Å². The van der Waals surface area contributed by atoms with Gasteiger partial charge in [0.05, 0.1) is 18.5 Å². The van der Waals surface area contributed by atoms with Crippen LogP contribution >= 0.6 is 0 Å². The third-order valence-corrected chi connectivity index (χ3v) is 6.19. The summed E-state index contributed by atoms with van der Waals surface area (Å²) in [5.41, 5.74) is 13.9. The van der Waals surface area contributed by atoms with Gasteiger partial charge < -0.3 is 31.7 Å². The molecule has 188 valence electrons. The molecule has 0 aliphatic carbocycles. The summed E-state index contributed by atoms with van der Waals surface area (Å²) in [5.74, 6) is 0.755. The Kier molecular flexibility index (Phi) is 9.55. The van der Waals surface area contributed by atoms with Crippen molar-refractivity contribution in [2.45, 2.75) is 50.7 Å². The molecule has 0 unspecified atom stereocenters. The van der Waals surface area contributed by atoms with Gasteiger partial charge in [-0.25, -0.2) is 0 Å². The van der Waals surface area contributed by atoms with E-state index in [1.54, 1.807) is 0 Å². The maximum Gasteiger partial charge on any atom is 0.243 e. The highest BCUT2D eigenvalue weighted by molar-refractivity contribution is 5.90. The Hall–Kier alpha value is -3.52. The van der Waals surface area contributed by atoms with Crippen molar-refractivity contribution >= 4 is 11.8 Å². The number of rotatable bonds is 11. The minimum Gasteiger partial charge on any atom is -0.494 e. The normalized spacial score (nSPS) is 15.7. The summed E-state index contributed by atoms with van der Waals surface area (Å²) in [5, 5.41) is 5.99. The molecule has 0 saturated carbocycles. The third kappa shape index (κ3) is 8.03. The number of likely N-dealkylation sites (tertiary alicyclic amines) is 1. The number of ether oxygens (including phenoxy) is 1. The van der Waals surface area contributed by atoms with Crippen LogP contribution in [0.4, 0.5) is 0 Å². The van der Waals surface area contributed by atoms with Crippen LogP contribution in [0.5, 0.6) is 5.75 Å². The maximum atomic E-state index is 13.2. The quantitative estimate of drug-likeness (QED) is 0.389. The number of nitrogens with zero attached hydrogens (tertiary/aromatic N) is 1. The van der Waals surface area contributed by atoms with Crippen LogP contribution in [-0.2, 0) is 22.4 Å². The van der Waals surface area contributed by atoms with Crippen molar-refractivity contribution in [2.75, 3.05) is 19.7 Å². The number of nitrogens with one attached hydrogen (secondary N) is 2. The molecular formula is C27H37N5O3. The Morgan fingerprint density at radius 2 is 1.66 bits per heavy atom. The van der Waals surface area contributed by atoms with Gasteiger partial charge in [0.25, 0.3) is 0 Å². The average Bonchev–Trinajstić information content (AvgIpc) is 2.86. The fourth-order valence-electron chi connectivity index (χ4n) is 4.19. The van der Waals surface area contributed by atoms with Gasteiger partial charge in [0.15, 0.2) is 0 Å². The second kappa shape index (κ2) is 12.8. The lowest BCUT2D eigenvalue weighted by Crippen LogP contribution is -2.55. The van der Waals surface area contributed by atoms with Crippen molar-refractivity contribution in [1.82, 2.24) is 15.5 Å². The van der Waals surface area contributed by atoms with E-state index in [2.05, 4.69) is 17.2 Å². The zero-order valence-corrected chi connectivity index (χ0v) is 20.4. The maximum absolute atomic E-state index is 13.2. The van der Waals surface area contributed by atoms with E-state index in [0.717, 1.165) is 42.8 Å². The first-order chi connectivity index (χ1) is 16.9. The summed E-state index contributed by atoms with van der Waals surface area (Å²) in [6.45, 7) is 7.78. The van der Waals surface area contributed by atoms with Gasteiger partial charge in [-0.15, -0.1) is 0 Å². The highest BCUT2D eigenvalue weighted by atomic mass is 16.5. The monoisotopic (exact) mass is 479 g/mol. The SMILES string of the molecule is C=C(N)N1CCC(NC(=O)[C@H](Cc2ccccc2)NC(=O)[C@H](N)Cc2ccc(OCC)cc2)CC1. The molecule has 2 amide bonds. The topological polar surface area (TPSA) is 123 Å². The summed E-state index contributed by atoms with van der Waals surface area (Å²) < 4.78 is 5.46. The summed E-state index contributed by atoms with van der Waals surface area (Å²) in [6.07, 6.45) is 2.28. The smallest absolute Gasteiger partial charge is 0.243 e. The van der Waals surface area contributed by atoms with E-state index in [-0.39, 0.29) is 17.9 Å². The lowest BCUT2D eigenvalue weighted by Gasteiger charge is -2.34. The van der Waals surface area contributed by atoms with Gasteiger partial charge in [-0.2, -0.15) is 0 Å². The number of carbonyl (C=O) groups excluding carboxylic acids is 2. The number of nitrogens with two attached hydrogens (primary N) is 2. The molecule has 1 heterocycles. The highest BCUT2D eigenvalue weighted by Gasteiger charge is 2.27. The van der Waals surface area contributed by atoms with Gasteiger partial charge in [-0.05, 0) is 49.4 Å². The first-order valence-corrected chi connectivity index (χ1v) is 12.2. The van der Waals surface area contributed by atoms with E-state index in [9.17, 15) is 9.59 Å². The van der Waals surface area contributed by atoms with Crippen LogP contribution in [0.15, 0.2) is 67.0 Å². The first kappa shape index (κ1) is 26.1. The van der Waals surface area contributed by atoms with Gasteiger partial charge in [0.1, 0.15) is 11.8 Å². The Labute approximate surface area is 207 Å². The number of benzene rings is 2. The van der Waals surface area contributed by atoms with Gasteiger partial charge in [0.2, 0.25) is 11.8 Å². The standard InChI is InChI=1S/C27H37N5O3/c1-3-35-23-11-9-21(10-12-23)17-24(29)26(33)31-25(18-20-7-5-4-6-8-20)27(34)30-22-13-15-32(16-14-22)19(2)28/h4-12,22,24-25H,2-3,13-18,28-29H2,1H3,(H,30,34)(H,31,33)/t24-,25+/m1/s1. The first-order valence-electron chi connectivity index (χ1n) is 12.2. The van der Waals surface area contributed by atoms with E-state index in [0.29, 0.717) is 25.3 Å². The predicted molar refractivity (Wildman–Crippen MR) is 137 cm³/mol. The molecule has 0 bridgehead atoms. The van der Waals surface area contributed by atoms with Crippen molar-refractivity contribution in [3.05, 3.63) is 78.1 Å². The molecule has 6 N–H and O–H groups in total.